The lowest BCUT2D eigenvalue weighted by Crippen LogP contribution is -2.16. The summed E-state index contributed by atoms with van der Waals surface area (Å²) in [6, 6.07) is 2.08. The molecule has 0 aliphatic carbocycles. The molecule has 0 spiro atoms. The number of aromatic nitrogens is 2. The Morgan fingerprint density at radius 1 is 1.50 bits per heavy atom. The molecule has 0 bridgehead atoms. The molecule has 1 aromatic rings. The lowest BCUT2D eigenvalue weighted by molar-refractivity contribution is 0.116. The van der Waals surface area contributed by atoms with Crippen molar-refractivity contribution in [3.63, 3.8) is 0 Å². The average Bonchev–Trinajstić information content (AvgIpc) is 2.40. The van der Waals surface area contributed by atoms with Crippen LogP contribution in [0.25, 0.3) is 0 Å². The van der Waals surface area contributed by atoms with Gasteiger partial charge in [0.2, 0.25) is 0 Å². The minimum atomic E-state index is -0.204. The minimum Gasteiger partial charge on any atom is -0.393 e. The molecule has 0 saturated heterocycles. The predicted octanol–water partition coefficient (Wildman–Crippen LogP) is 1.68. The van der Waals surface area contributed by atoms with Gasteiger partial charge in [-0.15, -0.1) is 0 Å². The monoisotopic (exact) mass is 196 g/mol. The van der Waals surface area contributed by atoms with Gasteiger partial charge in [-0.1, -0.05) is 13.8 Å². The Hall–Kier alpha value is -0.830. The van der Waals surface area contributed by atoms with Crippen molar-refractivity contribution in [1.29, 1.82) is 0 Å². The quantitative estimate of drug-likeness (QED) is 0.795. The number of rotatable bonds is 4. The van der Waals surface area contributed by atoms with Crippen LogP contribution >= 0.6 is 0 Å². The number of hydrogen-bond donors (Lipinski definition) is 1. The first-order valence-corrected chi connectivity index (χ1v) is 5.18. The predicted molar refractivity (Wildman–Crippen MR) is 57.1 cm³/mol. The van der Waals surface area contributed by atoms with Gasteiger partial charge in [-0.05, 0) is 31.7 Å². The van der Waals surface area contributed by atoms with Crippen molar-refractivity contribution in [3.8, 4) is 0 Å². The van der Waals surface area contributed by atoms with Crippen molar-refractivity contribution >= 4 is 0 Å². The Labute approximate surface area is 85.8 Å². The molecule has 0 radical (unpaired) electrons. The number of aryl methyl sites for hydroxylation is 3. The number of aliphatic hydroxyl groups excluding tert-OH is 1. The zero-order valence-electron chi connectivity index (χ0n) is 9.49. The van der Waals surface area contributed by atoms with Gasteiger partial charge in [0.15, 0.2) is 0 Å². The molecule has 0 amide bonds. The second-order valence-corrected chi connectivity index (χ2v) is 4.25. The van der Waals surface area contributed by atoms with Crippen LogP contribution in [0.2, 0.25) is 0 Å². The summed E-state index contributed by atoms with van der Waals surface area (Å²) in [4.78, 5) is 0. The molecule has 3 heteroatoms. The molecule has 0 fully saturated rings. The fourth-order valence-electron chi connectivity index (χ4n) is 1.53. The zero-order chi connectivity index (χ0) is 10.7. The maximum atomic E-state index is 9.66. The Kier molecular flexibility index (Phi) is 3.69. The van der Waals surface area contributed by atoms with E-state index in [0.29, 0.717) is 5.92 Å². The average molecular weight is 196 g/mol. The molecule has 1 atom stereocenters. The highest BCUT2D eigenvalue weighted by Crippen LogP contribution is 2.11. The first-order chi connectivity index (χ1) is 6.50. The molecule has 1 heterocycles. The Morgan fingerprint density at radius 2 is 2.14 bits per heavy atom. The van der Waals surface area contributed by atoms with Gasteiger partial charge in [0.1, 0.15) is 0 Å². The van der Waals surface area contributed by atoms with E-state index in [9.17, 15) is 5.11 Å². The summed E-state index contributed by atoms with van der Waals surface area (Å²) >= 11 is 0. The summed E-state index contributed by atoms with van der Waals surface area (Å²) in [5.41, 5.74) is 2.24. The second kappa shape index (κ2) is 4.60. The van der Waals surface area contributed by atoms with Gasteiger partial charge in [0.05, 0.1) is 11.8 Å². The van der Waals surface area contributed by atoms with Gasteiger partial charge in [-0.25, -0.2) is 0 Å². The molecule has 1 rings (SSSR count). The topological polar surface area (TPSA) is 38.0 Å². The molecule has 1 aromatic heterocycles. The van der Waals surface area contributed by atoms with Gasteiger partial charge in [-0.2, -0.15) is 5.10 Å². The van der Waals surface area contributed by atoms with Crippen LogP contribution in [0.5, 0.6) is 0 Å². The van der Waals surface area contributed by atoms with Crippen LogP contribution in [0.1, 0.15) is 31.7 Å². The number of nitrogens with zero attached hydrogens (tertiary/aromatic N) is 2. The largest absolute Gasteiger partial charge is 0.393 e. The highest BCUT2D eigenvalue weighted by atomic mass is 16.3. The van der Waals surface area contributed by atoms with Crippen molar-refractivity contribution in [3.05, 3.63) is 17.5 Å². The SMILES string of the molecule is Cc1cc(CCC(O)C(C)C)n(C)n1. The molecule has 0 aliphatic heterocycles. The third-order valence-electron chi connectivity index (χ3n) is 2.56. The highest BCUT2D eigenvalue weighted by molar-refractivity contribution is 5.08. The van der Waals surface area contributed by atoms with Crippen molar-refractivity contribution in [2.24, 2.45) is 13.0 Å². The van der Waals surface area contributed by atoms with Crippen LogP contribution in [0, 0.1) is 12.8 Å². The number of aliphatic hydroxyl groups is 1. The van der Waals surface area contributed by atoms with Gasteiger partial charge >= 0.3 is 0 Å². The van der Waals surface area contributed by atoms with Crippen molar-refractivity contribution in [2.45, 2.75) is 39.7 Å². The summed E-state index contributed by atoms with van der Waals surface area (Å²) in [6.07, 6.45) is 1.51. The van der Waals surface area contributed by atoms with Gasteiger partial charge in [-0.3, -0.25) is 4.68 Å². The van der Waals surface area contributed by atoms with Crippen molar-refractivity contribution in [1.82, 2.24) is 9.78 Å². The fourth-order valence-corrected chi connectivity index (χ4v) is 1.53. The maximum Gasteiger partial charge on any atom is 0.0596 e. The third kappa shape index (κ3) is 2.84. The van der Waals surface area contributed by atoms with E-state index in [0.717, 1.165) is 18.5 Å². The smallest absolute Gasteiger partial charge is 0.0596 e. The molecule has 14 heavy (non-hydrogen) atoms. The van der Waals surface area contributed by atoms with Gasteiger partial charge in [0, 0.05) is 12.7 Å². The molecule has 1 N–H and O–H groups in total. The summed E-state index contributed by atoms with van der Waals surface area (Å²) < 4.78 is 1.89. The Morgan fingerprint density at radius 3 is 2.57 bits per heavy atom. The first kappa shape index (κ1) is 11.2. The van der Waals surface area contributed by atoms with E-state index in [2.05, 4.69) is 11.2 Å². The molecule has 0 aromatic carbocycles. The first-order valence-electron chi connectivity index (χ1n) is 5.18. The molecule has 3 nitrogen and oxygen atoms in total. The molecule has 0 saturated carbocycles. The molecule has 80 valence electrons. The van der Waals surface area contributed by atoms with Crippen LogP contribution in [-0.4, -0.2) is 21.0 Å². The Balaban J connectivity index is 2.49. The Bertz CT molecular complexity index is 291. The van der Waals surface area contributed by atoms with E-state index >= 15 is 0 Å². The molecular formula is C11H20N2O. The normalized spacial score (nSPS) is 13.6. The number of hydrogen-bond acceptors (Lipinski definition) is 2. The van der Waals surface area contributed by atoms with Crippen LogP contribution in [0.15, 0.2) is 6.07 Å². The van der Waals surface area contributed by atoms with Crippen LogP contribution < -0.4 is 0 Å². The van der Waals surface area contributed by atoms with E-state index < -0.39 is 0 Å². The van der Waals surface area contributed by atoms with E-state index in [-0.39, 0.29) is 6.10 Å². The summed E-state index contributed by atoms with van der Waals surface area (Å²) in [6.45, 7) is 6.07. The van der Waals surface area contributed by atoms with E-state index in [1.807, 2.05) is 32.5 Å². The molecular weight excluding hydrogens is 176 g/mol. The van der Waals surface area contributed by atoms with E-state index in [1.54, 1.807) is 0 Å². The molecule has 1 unspecified atom stereocenters. The lowest BCUT2D eigenvalue weighted by atomic mass is 10.0. The van der Waals surface area contributed by atoms with Crippen LogP contribution in [0.4, 0.5) is 0 Å². The third-order valence-corrected chi connectivity index (χ3v) is 2.56. The highest BCUT2D eigenvalue weighted by Gasteiger charge is 2.10. The van der Waals surface area contributed by atoms with Crippen LogP contribution in [-0.2, 0) is 13.5 Å². The molecule has 0 aliphatic rings. The lowest BCUT2D eigenvalue weighted by Gasteiger charge is -2.13. The standard InChI is InChI=1S/C11H20N2O/c1-8(2)11(14)6-5-10-7-9(3)12-13(10)4/h7-8,11,14H,5-6H2,1-4H3. The summed E-state index contributed by atoms with van der Waals surface area (Å²) in [5, 5.41) is 13.9. The van der Waals surface area contributed by atoms with Gasteiger partial charge < -0.3 is 5.11 Å². The summed E-state index contributed by atoms with van der Waals surface area (Å²) in [5.74, 6) is 0.337. The van der Waals surface area contributed by atoms with Crippen molar-refractivity contribution < 1.29 is 5.11 Å². The summed E-state index contributed by atoms with van der Waals surface area (Å²) in [7, 11) is 1.95. The van der Waals surface area contributed by atoms with Crippen LogP contribution in [0.3, 0.4) is 0 Å². The van der Waals surface area contributed by atoms with Crippen molar-refractivity contribution in [2.75, 3.05) is 0 Å². The van der Waals surface area contributed by atoms with E-state index in [1.165, 1.54) is 5.69 Å². The fraction of sp³-hybridized carbons (Fsp3) is 0.727. The second-order valence-electron chi connectivity index (χ2n) is 4.25. The zero-order valence-corrected chi connectivity index (χ0v) is 9.49. The minimum absolute atomic E-state index is 0.204. The van der Waals surface area contributed by atoms with Gasteiger partial charge in [0.25, 0.3) is 0 Å². The van der Waals surface area contributed by atoms with E-state index in [4.69, 9.17) is 0 Å². The maximum absolute atomic E-state index is 9.66.